The summed E-state index contributed by atoms with van der Waals surface area (Å²) >= 11 is 0. The molecule has 0 aromatic heterocycles. The summed E-state index contributed by atoms with van der Waals surface area (Å²) in [5, 5.41) is 2.99. The summed E-state index contributed by atoms with van der Waals surface area (Å²) in [6.07, 6.45) is 6.95. The van der Waals surface area contributed by atoms with Gasteiger partial charge in [-0.2, -0.15) is 0 Å². The molecular formula is C19H25NO3. The maximum atomic E-state index is 11.9. The number of ether oxygens (including phenoxy) is 1. The summed E-state index contributed by atoms with van der Waals surface area (Å²) in [6.45, 7) is 5.28. The highest BCUT2D eigenvalue weighted by Gasteiger charge is 2.34. The topological polar surface area (TPSA) is 55.4 Å². The summed E-state index contributed by atoms with van der Waals surface area (Å²) in [4.78, 5) is 23.3. The van der Waals surface area contributed by atoms with E-state index in [4.69, 9.17) is 0 Å². The van der Waals surface area contributed by atoms with E-state index in [1.807, 2.05) is 0 Å². The van der Waals surface area contributed by atoms with Crippen LogP contribution in [0.1, 0.15) is 49.0 Å². The second kappa shape index (κ2) is 7.44. The van der Waals surface area contributed by atoms with Gasteiger partial charge in [-0.15, -0.1) is 0 Å². The predicted molar refractivity (Wildman–Crippen MR) is 90.9 cm³/mol. The molecule has 0 aliphatic heterocycles. The number of carbonyl (C=O) groups excluding carboxylic acids is 2. The molecular weight excluding hydrogens is 290 g/mol. The molecule has 0 saturated heterocycles. The second-order valence-electron chi connectivity index (χ2n) is 6.77. The Kier molecular flexibility index (Phi) is 5.59. The highest BCUT2D eigenvalue weighted by molar-refractivity contribution is 5.92. The summed E-state index contributed by atoms with van der Waals surface area (Å²) in [7, 11) is 1.35. The Morgan fingerprint density at radius 2 is 2.00 bits per heavy atom. The molecule has 0 spiro atoms. The van der Waals surface area contributed by atoms with Crippen LogP contribution in [-0.4, -0.2) is 25.5 Å². The van der Waals surface area contributed by atoms with Crippen molar-refractivity contribution in [2.45, 2.75) is 33.1 Å². The van der Waals surface area contributed by atoms with Gasteiger partial charge in [-0.3, -0.25) is 4.79 Å². The molecule has 0 heterocycles. The van der Waals surface area contributed by atoms with Gasteiger partial charge in [-0.25, -0.2) is 4.79 Å². The number of rotatable bonds is 5. The maximum Gasteiger partial charge on any atom is 0.337 e. The van der Waals surface area contributed by atoms with E-state index in [9.17, 15) is 9.59 Å². The molecule has 4 nitrogen and oxygen atoms in total. The molecule has 1 aliphatic carbocycles. The van der Waals surface area contributed by atoms with Crippen molar-refractivity contribution >= 4 is 18.0 Å². The number of methoxy groups -OCH3 is 1. The van der Waals surface area contributed by atoms with Gasteiger partial charge in [0.25, 0.3) is 0 Å². The lowest BCUT2D eigenvalue weighted by Crippen LogP contribution is -2.32. The van der Waals surface area contributed by atoms with Crippen molar-refractivity contribution in [3.8, 4) is 0 Å². The van der Waals surface area contributed by atoms with E-state index in [-0.39, 0.29) is 11.9 Å². The molecule has 1 N–H and O–H groups in total. The minimum atomic E-state index is -0.363. The van der Waals surface area contributed by atoms with Crippen LogP contribution in [-0.2, 0) is 9.53 Å². The molecule has 0 bridgehead atoms. The molecule has 0 radical (unpaired) electrons. The monoisotopic (exact) mass is 315 g/mol. The van der Waals surface area contributed by atoms with Crippen molar-refractivity contribution in [1.29, 1.82) is 0 Å². The standard InChI is InChI=1S/C19H25NO3/c1-19(2)12-4-5-16(19)13-20-17(21)11-8-14-6-9-15(10-7-14)18(22)23-3/h6-11,16H,4-5,12-13H2,1-3H3,(H,20,21)/b11-8+. The van der Waals surface area contributed by atoms with E-state index in [0.29, 0.717) is 16.9 Å². The highest BCUT2D eigenvalue weighted by Crippen LogP contribution is 2.41. The first-order chi connectivity index (χ1) is 10.9. The largest absolute Gasteiger partial charge is 0.465 e. The zero-order valence-corrected chi connectivity index (χ0v) is 14.1. The highest BCUT2D eigenvalue weighted by atomic mass is 16.5. The van der Waals surface area contributed by atoms with Gasteiger partial charge in [0.1, 0.15) is 0 Å². The summed E-state index contributed by atoms with van der Waals surface area (Å²) < 4.78 is 4.65. The van der Waals surface area contributed by atoms with Crippen molar-refractivity contribution in [2.75, 3.05) is 13.7 Å². The Balaban J connectivity index is 1.85. The first kappa shape index (κ1) is 17.3. The predicted octanol–water partition coefficient (Wildman–Crippen LogP) is 3.43. The van der Waals surface area contributed by atoms with Crippen LogP contribution in [0.15, 0.2) is 30.3 Å². The number of nitrogens with one attached hydrogen (secondary N) is 1. The Bertz CT molecular complexity index is 587. The van der Waals surface area contributed by atoms with E-state index in [1.165, 1.54) is 32.4 Å². The zero-order chi connectivity index (χ0) is 16.9. The molecule has 1 aliphatic rings. The number of hydrogen-bond donors (Lipinski definition) is 1. The van der Waals surface area contributed by atoms with E-state index in [1.54, 1.807) is 30.3 Å². The molecule has 124 valence electrons. The minimum absolute atomic E-state index is 0.0789. The van der Waals surface area contributed by atoms with Gasteiger partial charge < -0.3 is 10.1 Å². The molecule has 1 atom stereocenters. The first-order valence-electron chi connectivity index (χ1n) is 8.06. The van der Waals surface area contributed by atoms with E-state index < -0.39 is 0 Å². The van der Waals surface area contributed by atoms with E-state index in [0.717, 1.165) is 12.1 Å². The molecule has 2 rings (SSSR count). The zero-order valence-electron chi connectivity index (χ0n) is 14.1. The van der Waals surface area contributed by atoms with Crippen LogP contribution in [0.3, 0.4) is 0 Å². The molecule has 1 fully saturated rings. The summed E-state index contributed by atoms with van der Waals surface area (Å²) in [6, 6.07) is 6.95. The van der Waals surface area contributed by atoms with Gasteiger partial charge in [0.2, 0.25) is 5.91 Å². The van der Waals surface area contributed by atoms with Crippen LogP contribution in [0.2, 0.25) is 0 Å². The van der Waals surface area contributed by atoms with E-state index in [2.05, 4.69) is 23.9 Å². The average molecular weight is 315 g/mol. The Morgan fingerprint density at radius 3 is 2.57 bits per heavy atom. The fourth-order valence-corrected chi connectivity index (χ4v) is 3.08. The summed E-state index contributed by atoms with van der Waals surface area (Å²) in [5.74, 6) is 0.112. The molecule has 1 amide bonds. The van der Waals surface area contributed by atoms with Gasteiger partial charge in [-0.1, -0.05) is 32.4 Å². The second-order valence-corrected chi connectivity index (χ2v) is 6.77. The normalized spacial score (nSPS) is 19.7. The lowest BCUT2D eigenvalue weighted by atomic mass is 9.82. The fraction of sp³-hybridized carbons (Fsp3) is 0.474. The van der Waals surface area contributed by atoms with Gasteiger partial charge in [0.05, 0.1) is 12.7 Å². The molecule has 1 aromatic rings. The SMILES string of the molecule is COC(=O)c1ccc(/C=C/C(=O)NCC2CCCC2(C)C)cc1. The first-order valence-corrected chi connectivity index (χ1v) is 8.06. The Hall–Kier alpha value is -2.10. The molecule has 1 unspecified atom stereocenters. The van der Waals surface area contributed by atoms with E-state index >= 15 is 0 Å². The van der Waals surface area contributed by atoms with Crippen LogP contribution in [0.5, 0.6) is 0 Å². The maximum absolute atomic E-state index is 11.9. The van der Waals surface area contributed by atoms with Crippen LogP contribution in [0, 0.1) is 11.3 Å². The van der Waals surface area contributed by atoms with Gasteiger partial charge in [0, 0.05) is 12.6 Å². The van der Waals surface area contributed by atoms with Gasteiger partial charge >= 0.3 is 5.97 Å². The van der Waals surface area contributed by atoms with Crippen LogP contribution in [0.4, 0.5) is 0 Å². The number of amides is 1. The van der Waals surface area contributed by atoms with Crippen LogP contribution in [0.25, 0.3) is 6.08 Å². The Morgan fingerprint density at radius 1 is 1.30 bits per heavy atom. The van der Waals surface area contributed by atoms with Crippen molar-refractivity contribution in [3.63, 3.8) is 0 Å². The summed E-state index contributed by atoms with van der Waals surface area (Å²) in [5.41, 5.74) is 1.69. The van der Waals surface area contributed by atoms with Crippen molar-refractivity contribution in [1.82, 2.24) is 5.32 Å². The lowest BCUT2D eigenvalue weighted by molar-refractivity contribution is -0.116. The third kappa shape index (κ3) is 4.68. The molecule has 1 aromatic carbocycles. The van der Waals surface area contributed by atoms with Gasteiger partial charge in [-0.05, 0) is 47.9 Å². The van der Waals surface area contributed by atoms with Crippen molar-refractivity contribution in [3.05, 3.63) is 41.5 Å². The van der Waals surface area contributed by atoms with Crippen LogP contribution >= 0.6 is 0 Å². The van der Waals surface area contributed by atoms with Crippen molar-refractivity contribution < 1.29 is 14.3 Å². The molecule has 4 heteroatoms. The number of benzene rings is 1. The minimum Gasteiger partial charge on any atom is -0.465 e. The third-order valence-electron chi connectivity index (χ3n) is 4.76. The number of hydrogen-bond acceptors (Lipinski definition) is 3. The molecule has 1 saturated carbocycles. The fourth-order valence-electron chi connectivity index (χ4n) is 3.08. The van der Waals surface area contributed by atoms with Crippen LogP contribution < -0.4 is 5.32 Å². The average Bonchev–Trinajstić information content (AvgIpc) is 2.89. The lowest BCUT2D eigenvalue weighted by Gasteiger charge is -2.26. The van der Waals surface area contributed by atoms with Crippen molar-refractivity contribution in [2.24, 2.45) is 11.3 Å². The number of esters is 1. The molecule has 23 heavy (non-hydrogen) atoms. The third-order valence-corrected chi connectivity index (χ3v) is 4.76. The quantitative estimate of drug-likeness (QED) is 0.669. The smallest absolute Gasteiger partial charge is 0.337 e. The Labute approximate surface area is 137 Å². The number of carbonyl (C=O) groups is 2. The van der Waals surface area contributed by atoms with Gasteiger partial charge in [0.15, 0.2) is 0 Å².